The van der Waals surface area contributed by atoms with Crippen LogP contribution in [0.1, 0.15) is 24.1 Å². The second-order valence-electron chi connectivity index (χ2n) is 9.02. The molecule has 0 saturated heterocycles. The number of fused-ring (bicyclic) bond motifs is 2. The molecule has 0 bridgehead atoms. The minimum absolute atomic E-state index is 0.0531. The number of aromatic nitrogens is 1. The molecule has 2 amide bonds. The lowest BCUT2D eigenvalue weighted by molar-refractivity contribution is -0.132. The van der Waals surface area contributed by atoms with Gasteiger partial charge in [0.25, 0.3) is 0 Å². The van der Waals surface area contributed by atoms with E-state index in [0.717, 1.165) is 23.3 Å². The number of carbonyl (C=O) groups excluding carboxylic acids is 2. The number of carbonyl (C=O) groups is 2. The van der Waals surface area contributed by atoms with Crippen molar-refractivity contribution in [3.05, 3.63) is 89.4 Å². The van der Waals surface area contributed by atoms with Gasteiger partial charge in [0, 0.05) is 29.4 Å². The molecule has 186 valence electrons. The van der Waals surface area contributed by atoms with Crippen molar-refractivity contribution in [1.82, 2.24) is 9.88 Å². The lowest BCUT2D eigenvalue weighted by atomic mass is 9.95. The second kappa shape index (κ2) is 9.47. The smallest absolute Gasteiger partial charge is 0.233 e. The Labute approximate surface area is 210 Å². The molecule has 4 aromatic rings. The third kappa shape index (κ3) is 4.66. The predicted molar refractivity (Wildman–Crippen MR) is 132 cm³/mol. The summed E-state index contributed by atoms with van der Waals surface area (Å²) in [6.45, 7) is 1.50. The second-order valence-corrected chi connectivity index (χ2v) is 9.02. The highest BCUT2D eigenvalue weighted by atomic mass is 19.1. The highest BCUT2D eigenvalue weighted by Gasteiger charge is 2.35. The molecule has 2 N–H and O–H groups in total. The van der Waals surface area contributed by atoms with Gasteiger partial charge in [-0.1, -0.05) is 18.2 Å². The number of H-pyrrole nitrogens is 1. The Morgan fingerprint density at radius 1 is 1.03 bits per heavy atom. The summed E-state index contributed by atoms with van der Waals surface area (Å²) < 4.78 is 41.0. The van der Waals surface area contributed by atoms with Gasteiger partial charge in [-0.05, 0) is 60.0 Å². The van der Waals surface area contributed by atoms with Crippen molar-refractivity contribution in [2.24, 2.45) is 0 Å². The SMILES string of the molecule is CC(C#N)N(CC1C(=O)Nc2ccc(-c3ccc(F)cc3)cc21)C(=O)Cc1cc2c(F)cc(F)cc2[nH]1. The summed E-state index contributed by atoms with van der Waals surface area (Å²) in [6, 6.07) is 15.9. The van der Waals surface area contributed by atoms with Gasteiger partial charge in [0.05, 0.1) is 23.9 Å². The normalized spacial score (nSPS) is 15.2. The fourth-order valence-corrected chi connectivity index (χ4v) is 4.65. The molecule has 2 unspecified atom stereocenters. The summed E-state index contributed by atoms with van der Waals surface area (Å²) in [5.41, 5.74) is 3.39. The number of amides is 2. The van der Waals surface area contributed by atoms with Crippen molar-refractivity contribution in [3.8, 4) is 17.2 Å². The predicted octanol–water partition coefficient (Wildman–Crippen LogP) is 5.27. The van der Waals surface area contributed by atoms with Crippen molar-refractivity contribution in [3.63, 3.8) is 0 Å². The van der Waals surface area contributed by atoms with E-state index in [2.05, 4.69) is 10.3 Å². The van der Waals surface area contributed by atoms with Crippen LogP contribution in [-0.4, -0.2) is 34.3 Å². The number of hydrogen-bond acceptors (Lipinski definition) is 3. The Bertz CT molecular complexity index is 1570. The van der Waals surface area contributed by atoms with Crippen LogP contribution < -0.4 is 5.32 Å². The van der Waals surface area contributed by atoms with Gasteiger partial charge in [0.1, 0.15) is 23.5 Å². The van der Waals surface area contributed by atoms with Crippen LogP contribution in [0.25, 0.3) is 22.0 Å². The van der Waals surface area contributed by atoms with Crippen LogP contribution in [0, 0.1) is 28.8 Å². The fraction of sp³-hybridized carbons (Fsp3) is 0.179. The van der Waals surface area contributed by atoms with Gasteiger partial charge in [-0.2, -0.15) is 5.26 Å². The summed E-state index contributed by atoms with van der Waals surface area (Å²) in [5.74, 6) is -3.33. The van der Waals surface area contributed by atoms with Crippen LogP contribution in [-0.2, 0) is 16.0 Å². The van der Waals surface area contributed by atoms with Gasteiger partial charge >= 0.3 is 0 Å². The number of nitrogens with zero attached hydrogens (tertiary/aromatic N) is 2. The lowest BCUT2D eigenvalue weighted by Crippen LogP contribution is -2.42. The zero-order chi connectivity index (χ0) is 26.3. The molecule has 0 fully saturated rings. The lowest BCUT2D eigenvalue weighted by Gasteiger charge is -2.27. The molecule has 9 heteroatoms. The molecular formula is C28H21F3N4O2. The topological polar surface area (TPSA) is 89.0 Å². The van der Waals surface area contributed by atoms with E-state index in [1.165, 1.54) is 23.1 Å². The van der Waals surface area contributed by atoms with Gasteiger partial charge in [-0.25, -0.2) is 13.2 Å². The zero-order valence-electron chi connectivity index (χ0n) is 19.7. The molecular weight excluding hydrogens is 481 g/mol. The molecule has 0 saturated carbocycles. The van der Waals surface area contributed by atoms with E-state index in [0.29, 0.717) is 16.9 Å². The minimum atomic E-state index is -0.844. The Morgan fingerprint density at radius 3 is 2.49 bits per heavy atom. The first-order valence-corrected chi connectivity index (χ1v) is 11.6. The summed E-state index contributed by atoms with van der Waals surface area (Å²) in [4.78, 5) is 30.3. The average molecular weight is 502 g/mol. The van der Waals surface area contributed by atoms with E-state index in [-0.39, 0.29) is 35.6 Å². The minimum Gasteiger partial charge on any atom is -0.358 e. The average Bonchev–Trinajstić information content (AvgIpc) is 3.41. The number of nitriles is 1. The van der Waals surface area contributed by atoms with Gasteiger partial charge in [-0.15, -0.1) is 0 Å². The van der Waals surface area contributed by atoms with Crippen molar-refractivity contribution in [1.29, 1.82) is 5.26 Å². The molecule has 1 aliphatic heterocycles. The maximum Gasteiger partial charge on any atom is 0.233 e. The molecule has 5 rings (SSSR count). The summed E-state index contributed by atoms with van der Waals surface area (Å²) in [6.07, 6.45) is -0.196. The van der Waals surface area contributed by atoms with E-state index in [1.54, 1.807) is 25.1 Å². The molecule has 1 aliphatic rings. The third-order valence-electron chi connectivity index (χ3n) is 6.58. The van der Waals surface area contributed by atoms with Crippen LogP contribution in [0.2, 0.25) is 0 Å². The molecule has 2 atom stereocenters. The van der Waals surface area contributed by atoms with E-state index >= 15 is 0 Å². The number of aromatic amines is 1. The number of hydrogen-bond donors (Lipinski definition) is 2. The summed E-state index contributed by atoms with van der Waals surface area (Å²) >= 11 is 0. The van der Waals surface area contributed by atoms with Crippen molar-refractivity contribution in [2.75, 3.05) is 11.9 Å². The van der Waals surface area contributed by atoms with Crippen LogP contribution in [0.15, 0.2) is 60.7 Å². The van der Waals surface area contributed by atoms with Crippen LogP contribution in [0.5, 0.6) is 0 Å². The highest BCUT2D eigenvalue weighted by molar-refractivity contribution is 6.04. The standard InChI is InChI=1S/C28H21F3N4O2/c1-15(13-32)35(27(36)12-20-11-22-24(31)9-19(30)10-26(22)33-20)14-23-21-8-17(4-7-25(21)34-28(23)37)16-2-5-18(29)6-3-16/h2-11,15,23,33H,12,14H2,1H3,(H,34,37). The number of halogens is 3. The Kier molecular flexibility index (Phi) is 6.17. The maximum absolute atomic E-state index is 14.1. The van der Waals surface area contributed by atoms with Crippen molar-refractivity contribution in [2.45, 2.75) is 25.3 Å². The molecule has 1 aromatic heterocycles. The fourth-order valence-electron chi connectivity index (χ4n) is 4.65. The monoisotopic (exact) mass is 502 g/mol. The third-order valence-corrected chi connectivity index (χ3v) is 6.58. The number of benzene rings is 3. The van der Waals surface area contributed by atoms with E-state index in [4.69, 9.17) is 0 Å². The Hall–Kier alpha value is -4.58. The van der Waals surface area contributed by atoms with Gasteiger partial charge in [0.15, 0.2) is 0 Å². The molecule has 2 heterocycles. The first-order chi connectivity index (χ1) is 17.7. The molecule has 0 radical (unpaired) electrons. The first-order valence-electron chi connectivity index (χ1n) is 11.6. The molecule has 37 heavy (non-hydrogen) atoms. The largest absolute Gasteiger partial charge is 0.358 e. The molecule has 3 aromatic carbocycles. The summed E-state index contributed by atoms with van der Waals surface area (Å²) in [7, 11) is 0. The van der Waals surface area contributed by atoms with Crippen molar-refractivity contribution >= 4 is 28.4 Å². The highest BCUT2D eigenvalue weighted by Crippen LogP contribution is 2.37. The van der Waals surface area contributed by atoms with E-state index in [1.807, 2.05) is 18.2 Å². The zero-order valence-corrected chi connectivity index (χ0v) is 19.7. The Morgan fingerprint density at radius 2 is 1.76 bits per heavy atom. The van der Waals surface area contributed by atoms with Crippen LogP contribution in [0.4, 0.5) is 18.9 Å². The summed E-state index contributed by atoms with van der Waals surface area (Å²) in [5, 5.41) is 12.5. The quantitative estimate of drug-likeness (QED) is 0.376. The molecule has 0 aliphatic carbocycles. The van der Waals surface area contributed by atoms with E-state index < -0.39 is 29.5 Å². The number of rotatable bonds is 6. The first kappa shape index (κ1) is 24.1. The maximum atomic E-state index is 14.1. The molecule has 0 spiro atoms. The van der Waals surface area contributed by atoms with Gasteiger partial charge < -0.3 is 15.2 Å². The molecule has 6 nitrogen and oxygen atoms in total. The van der Waals surface area contributed by atoms with Crippen molar-refractivity contribution < 1.29 is 22.8 Å². The van der Waals surface area contributed by atoms with Crippen LogP contribution >= 0.6 is 0 Å². The number of nitrogens with one attached hydrogen (secondary N) is 2. The van der Waals surface area contributed by atoms with Gasteiger partial charge in [-0.3, -0.25) is 9.59 Å². The Balaban J connectivity index is 1.42. The number of anilines is 1. The van der Waals surface area contributed by atoms with E-state index in [9.17, 15) is 28.0 Å². The van der Waals surface area contributed by atoms with Gasteiger partial charge in [0.2, 0.25) is 11.8 Å². The van der Waals surface area contributed by atoms with Crippen LogP contribution in [0.3, 0.4) is 0 Å².